The van der Waals surface area contributed by atoms with Gasteiger partial charge in [-0.3, -0.25) is 4.21 Å². The van der Waals surface area contributed by atoms with Crippen molar-refractivity contribution in [2.75, 3.05) is 5.75 Å². The molecule has 0 fully saturated rings. The Morgan fingerprint density at radius 3 is 2.11 bits per heavy atom. The molecule has 2 atom stereocenters. The maximum absolute atomic E-state index is 12.0. The van der Waals surface area contributed by atoms with Crippen LogP contribution in [0.5, 0.6) is 0 Å². The molecule has 0 radical (unpaired) electrons. The van der Waals surface area contributed by atoms with Crippen molar-refractivity contribution in [2.45, 2.75) is 17.4 Å². The van der Waals surface area contributed by atoms with Crippen molar-refractivity contribution in [3.8, 4) is 0 Å². The molecule has 0 aliphatic heterocycles. The normalized spacial score (nSPS) is 14.1. The van der Waals surface area contributed by atoms with E-state index in [1.54, 1.807) is 0 Å². The highest BCUT2D eigenvalue weighted by Gasteiger charge is 2.11. The van der Waals surface area contributed by atoms with Crippen LogP contribution in [0.1, 0.15) is 5.56 Å². The Balaban J connectivity index is 1.92. The maximum atomic E-state index is 12.0. The third-order valence-corrected chi connectivity index (χ3v) is 4.15. The highest BCUT2D eigenvalue weighted by atomic mass is 32.2. The van der Waals surface area contributed by atoms with Crippen molar-refractivity contribution in [1.82, 2.24) is 0 Å². The van der Waals surface area contributed by atoms with Gasteiger partial charge in [0.05, 0.1) is 22.7 Å². The van der Waals surface area contributed by atoms with Crippen LogP contribution in [0.4, 0.5) is 0 Å². The first-order valence-electron chi connectivity index (χ1n) is 5.91. The summed E-state index contributed by atoms with van der Waals surface area (Å²) in [5.41, 5.74) is 1.06. The van der Waals surface area contributed by atoms with Crippen LogP contribution in [0, 0.1) is 0 Å². The van der Waals surface area contributed by atoms with E-state index in [-0.39, 0.29) is 5.75 Å². The molecule has 94 valence electrons. The molecule has 2 rings (SSSR count). The lowest BCUT2D eigenvalue weighted by Gasteiger charge is -2.10. The molecule has 1 unspecified atom stereocenters. The first kappa shape index (κ1) is 13.0. The number of aliphatic hydroxyl groups is 1. The van der Waals surface area contributed by atoms with E-state index in [0.717, 1.165) is 10.5 Å². The zero-order valence-corrected chi connectivity index (χ0v) is 10.8. The van der Waals surface area contributed by atoms with Crippen molar-refractivity contribution >= 4 is 10.8 Å². The van der Waals surface area contributed by atoms with Gasteiger partial charge in [-0.2, -0.15) is 0 Å². The van der Waals surface area contributed by atoms with Gasteiger partial charge in [0.1, 0.15) is 0 Å². The van der Waals surface area contributed by atoms with Crippen LogP contribution in [0.2, 0.25) is 0 Å². The number of hydrogen-bond acceptors (Lipinski definition) is 2. The van der Waals surface area contributed by atoms with E-state index in [9.17, 15) is 9.32 Å². The maximum Gasteiger partial charge on any atom is 0.0699 e. The Bertz CT molecular complexity index is 496. The molecular weight excluding hydrogens is 244 g/mol. The Morgan fingerprint density at radius 2 is 1.50 bits per heavy atom. The predicted octanol–water partition coefficient (Wildman–Crippen LogP) is 2.40. The van der Waals surface area contributed by atoms with Gasteiger partial charge in [0.2, 0.25) is 0 Å². The van der Waals surface area contributed by atoms with E-state index in [0.29, 0.717) is 6.42 Å². The molecule has 0 saturated carbocycles. The van der Waals surface area contributed by atoms with Gasteiger partial charge >= 0.3 is 0 Å². The Labute approximate surface area is 110 Å². The van der Waals surface area contributed by atoms with E-state index in [1.165, 1.54) is 0 Å². The van der Waals surface area contributed by atoms with Gasteiger partial charge in [-0.25, -0.2) is 0 Å². The highest BCUT2D eigenvalue weighted by molar-refractivity contribution is 7.85. The van der Waals surface area contributed by atoms with Crippen LogP contribution in [-0.2, 0) is 17.2 Å². The lowest BCUT2D eigenvalue weighted by Crippen LogP contribution is -2.19. The molecule has 1 N–H and O–H groups in total. The van der Waals surface area contributed by atoms with Gasteiger partial charge < -0.3 is 5.11 Å². The largest absolute Gasteiger partial charge is 0.392 e. The van der Waals surface area contributed by atoms with Crippen molar-refractivity contribution in [3.05, 3.63) is 66.2 Å². The highest BCUT2D eigenvalue weighted by Crippen LogP contribution is 2.09. The van der Waals surface area contributed by atoms with Gasteiger partial charge in [-0.05, 0) is 24.1 Å². The summed E-state index contributed by atoms with van der Waals surface area (Å²) in [6.07, 6.45) is -0.0344. The van der Waals surface area contributed by atoms with Gasteiger partial charge in [0.25, 0.3) is 0 Å². The molecule has 2 aromatic rings. The second-order valence-corrected chi connectivity index (χ2v) is 5.66. The summed E-state index contributed by atoms with van der Waals surface area (Å²) in [5, 5.41) is 9.94. The summed E-state index contributed by atoms with van der Waals surface area (Å²) in [4.78, 5) is 0.768. The Morgan fingerprint density at radius 1 is 0.944 bits per heavy atom. The summed E-state index contributed by atoms with van der Waals surface area (Å²) < 4.78 is 12.0. The van der Waals surface area contributed by atoms with E-state index < -0.39 is 16.9 Å². The van der Waals surface area contributed by atoms with Crippen molar-refractivity contribution in [1.29, 1.82) is 0 Å². The molecule has 2 aromatic carbocycles. The molecule has 0 bridgehead atoms. The summed E-state index contributed by atoms with van der Waals surface area (Å²) in [6, 6.07) is 19.0. The molecule has 0 saturated heterocycles. The van der Waals surface area contributed by atoms with Crippen LogP contribution < -0.4 is 0 Å². The fraction of sp³-hybridized carbons (Fsp3) is 0.200. The molecule has 0 aliphatic carbocycles. The van der Waals surface area contributed by atoms with Crippen LogP contribution in [0.15, 0.2) is 65.6 Å². The lowest BCUT2D eigenvalue weighted by molar-refractivity contribution is 0.199. The number of aliphatic hydroxyl groups excluding tert-OH is 1. The average molecular weight is 260 g/mol. The van der Waals surface area contributed by atoms with E-state index in [4.69, 9.17) is 0 Å². The monoisotopic (exact) mass is 260 g/mol. The number of benzene rings is 2. The van der Waals surface area contributed by atoms with Gasteiger partial charge in [-0.1, -0.05) is 48.5 Å². The van der Waals surface area contributed by atoms with Gasteiger partial charge in [0, 0.05) is 4.90 Å². The van der Waals surface area contributed by atoms with Crippen LogP contribution in [-0.4, -0.2) is 21.2 Å². The summed E-state index contributed by atoms with van der Waals surface area (Å²) in [7, 11) is -1.14. The molecule has 0 amide bonds. The zero-order valence-electron chi connectivity index (χ0n) is 10.0. The minimum absolute atomic E-state index is 0.277. The molecule has 0 heterocycles. The quantitative estimate of drug-likeness (QED) is 0.896. The average Bonchev–Trinajstić information content (AvgIpc) is 2.40. The van der Waals surface area contributed by atoms with Crippen LogP contribution >= 0.6 is 0 Å². The minimum Gasteiger partial charge on any atom is -0.392 e. The number of hydrogen-bond donors (Lipinski definition) is 1. The summed E-state index contributed by atoms with van der Waals surface area (Å²) in [5.74, 6) is 0.277. The molecule has 0 spiro atoms. The van der Waals surface area contributed by atoms with Crippen molar-refractivity contribution in [3.63, 3.8) is 0 Å². The fourth-order valence-electron chi connectivity index (χ4n) is 1.79. The molecular formula is C15H16O2S. The summed E-state index contributed by atoms with van der Waals surface area (Å²) >= 11 is 0. The van der Waals surface area contributed by atoms with Crippen LogP contribution in [0.3, 0.4) is 0 Å². The third kappa shape index (κ3) is 3.79. The van der Waals surface area contributed by atoms with Gasteiger partial charge in [0.15, 0.2) is 0 Å². The van der Waals surface area contributed by atoms with Gasteiger partial charge in [-0.15, -0.1) is 0 Å². The standard InChI is InChI=1S/C15H16O2S/c16-14(11-13-7-3-1-4-8-13)12-18(17)15-9-5-2-6-10-15/h1-10,14,16H,11-12H2/t14-,18?/m0/s1. The Kier molecular flexibility index (Phi) is 4.67. The first-order chi connectivity index (χ1) is 8.75. The van der Waals surface area contributed by atoms with E-state index >= 15 is 0 Å². The van der Waals surface area contributed by atoms with Crippen LogP contribution in [0.25, 0.3) is 0 Å². The topological polar surface area (TPSA) is 37.3 Å². The van der Waals surface area contributed by atoms with E-state index in [1.807, 2.05) is 60.7 Å². The first-order valence-corrected chi connectivity index (χ1v) is 7.23. The summed E-state index contributed by atoms with van der Waals surface area (Å²) in [6.45, 7) is 0. The SMILES string of the molecule is O=S(C[C@@H](O)Cc1ccccc1)c1ccccc1. The zero-order chi connectivity index (χ0) is 12.8. The third-order valence-electron chi connectivity index (χ3n) is 2.66. The Hall–Kier alpha value is -1.45. The second kappa shape index (κ2) is 6.47. The fourth-order valence-corrected chi connectivity index (χ4v) is 2.91. The number of rotatable bonds is 5. The molecule has 2 nitrogen and oxygen atoms in total. The van der Waals surface area contributed by atoms with Crippen molar-refractivity contribution in [2.24, 2.45) is 0 Å². The lowest BCUT2D eigenvalue weighted by atomic mass is 10.1. The van der Waals surface area contributed by atoms with E-state index in [2.05, 4.69) is 0 Å². The minimum atomic E-state index is -1.14. The molecule has 18 heavy (non-hydrogen) atoms. The second-order valence-electron chi connectivity index (χ2n) is 4.17. The molecule has 3 heteroatoms. The van der Waals surface area contributed by atoms with Crippen molar-refractivity contribution < 1.29 is 9.32 Å². The molecule has 0 aromatic heterocycles. The molecule has 0 aliphatic rings. The predicted molar refractivity (Wildman–Crippen MR) is 73.9 cm³/mol. The smallest absolute Gasteiger partial charge is 0.0699 e.